The molecule has 3 aromatic rings. The van der Waals surface area contributed by atoms with Crippen LogP contribution in [0.15, 0.2) is 52.2 Å². The molecular weight excluding hydrogens is 368 g/mol. The summed E-state index contributed by atoms with van der Waals surface area (Å²) in [7, 11) is 1.60. The van der Waals surface area contributed by atoms with Crippen LogP contribution in [0.4, 0.5) is 15.5 Å². The van der Waals surface area contributed by atoms with E-state index in [9.17, 15) is 14.7 Å². The Balaban J connectivity index is 1.87. The topological polar surface area (TPSA) is 92.0 Å². The Morgan fingerprint density at radius 1 is 1.37 bits per heavy atom. The lowest BCUT2D eigenvalue weighted by molar-refractivity contribution is 0.258. The average molecular weight is 386 g/mol. The molecule has 1 aromatic carbocycles. The Morgan fingerprint density at radius 3 is 2.81 bits per heavy atom. The van der Waals surface area contributed by atoms with Gasteiger partial charge in [0.25, 0.3) is 0 Å². The zero-order chi connectivity index (χ0) is 19.6. The number of amides is 2. The van der Waals surface area contributed by atoms with Gasteiger partial charge in [-0.2, -0.15) is 0 Å². The van der Waals surface area contributed by atoms with Crippen LogP contribution in [-0.4, -0.2) is 24.8 Å². The lowest BCUT2D eigenvalue weighted by Crippen LogP contribution is -2.30. The molecule has 0 aliphatic heterocycles. The number of nitrogens with one attached hydrogen (secondary N) is 1. The summed E-state index contributed by atoms with van der Waals surface area (Å²) >= 11 is 1.25. The van der Waals surface area contributed by atoms with Crippen molar-refractivity contribution in [1.82, 2.24) is 0 Å². The number of urea groups is 1. The smallest absolute Gasteiger partial charge is 0.347 e. The number of para-hydroxylation sites is 2. The highest BCUT2D eigenvalue weighted by Crippen LogP contribution is 2.33. The number of anilines is 2. The molecule has 8 heteroatoms. The maximum absolute atomic E-state index is 12.6. The molecule has 27 heavy (non-hydrogen) atoms. The van der Waals surface area contributed by atoms with Gasteiger partial charge in [0, 0.05) is 13.1 Å². The fourth-order valence-electron chi connectivity index (χ4n) is 2.42. The molecule has 2 aromatic heterocycles. The Hall–Kier alpha value is -3.26. The molecule has 0 saturated heterocycles. The molecule has 0 fully saturated rings. The second kappa shape index (κ2) is 7.55. The summed E-state index contributed by atoms with van der Waals surface area (Å²) in [5, 5.41) is 12.8. The fraction of sp³-hybridized carbons (Fsp3) is 0.158. The Bertz CT molecular complexity index is 1070. The van der Waals surface area contributed by atoms with E-state index in [0.717, 1.165) is 0 Å². The molecule has 0 radical (unpaired) electrons. The van der Waals surface area contributed by atoms with E-state index in [-0.39, 0.29) is 17.4 Å². The first kappa shape index (κ1) is 18.5. The first-order valence-corrected chi connectivity index (χ1v) is 8.94. The highest BCUT2D eigenvalue weighted by Gasteiger charge is 2.18. The van der Waals surface area contributed by atoms with Crippen LogP contribution in [0.3, 0.4) is 0 Å². The first-order chi connectivity index (χ1) is 12.9. The number of aliphatic hydroxyl groups is 1. The Morgan fingerprint density at radius 2 is 2.11 bits per heavy atom. The minimum atomic E-state index is -0.683. The summed E-state index contributed by atoms with van der Waals surface area (Å²) in [6, 6.07) is 9.87. The van der Waals surface area contributed by atoms with Crippen molar-refractivity contribution in [3.8, 4) is 5.75 Å². The quantitative estimate of drug-likeness (QED) is 0.632. The molecule has 2 amide bonds. The predicted octanol–water partition coefficient (Wildman–Crippen LogP) is 4.45. The van der Waals surface area contributed by atoms with E-state index < -0.39 is 5.63 Å². The highest BCUT2D eigenvalue weighted by molar-refractivity contribution is 7.22. The van der Waals surface area contributed by atoms with E-state index in [2.05, 4.69) is 11.9 Å². The molecular formula is C19H18N2O5S. The number of ether oxygens (including phenoxy) is 1. The van der Waals surface area contributed by atoms with Crippen LogP contribution in [0.1, 0.15) is 12.5 Å². The number of thiophene rings is 1. The van der Waals surface area contributed by atoms with Crippen molar-refractivity contribution in [2.24, 2.45) is 0 Å². The summed E-state index contributed by atoms with van der Waals surface area (Å²) in [5.74, 6) is 0.217. The van der Waals surface area contributed by atoms with E-state index in [1.807, 2.05) is 13.0 Å². The van der Waals surface area contributed by atoms with Crippen LogP contribution in [0.25, 0.3) is 16.0 Å². The van der Waals surface area contributed by atoms with Crippen molar-refractivity contribution in [3.63, 3.8) is 0 Å². The van der Waals surface area contributed by atoms with Gasteiger partial charge in [-0.15, -0.1) is 11.3 Å². The number of fused-ring (bicyclic) bond motifs is 1. The van der Waals surface area contributed by atoms with E-state index in [4.69, 9.17) is 9.15 Å². The number of rotatable bonds is 5. The molecule has 0 spiro atoms. The molecule has 0 aliphatic carbocycles. The molecule has 0 unspecified atom stereocenters. The third kappa shape index (κ3) is 3.80. The highest BCUT2D eigenvalue weighted by atomic mass is 32.1. The predicted molar refractivity (Wildman–Crippen MR) is 107 cm³/mol. The molecule has 3 rings (SSSR count). The van der Waals surface area contributed by atoms with Crippen molar-refractivity contribution < 1.29 is 19.1 Å². The second-order valence-corrected chi connectivity index (χ2v) is 6.69. The molecule has 0 atom stereocenters. The van der Waals surface area contributed by atoms with Gasteiger partial charge in [-0.25, -0.2) is 9.59 Å². The van der Waals surface area contributed by atoms with Crippen LogP contribution in [0.5, 0.6) is 5.75 Å². The lowest BCUT2D eigenvalue weighted by atomic mass is 10.2. The van der Waals surface area contributed by atoms with Gasteiger partial charge >= 0.3 is 11.7 Å². The molecule has 0 saturated carbocycles. The van der Waals surface area contributed by atoms with Gasteiger partial charge in [0.15, 0.2) is 5.58 Å². The van der Waals surface area contributed by atoms with E-state index in [1.54, 1.807) is 31.3 Å². The molecule has 0 bridgehead atoms. The number of carbonyl (C=O) groups is 1. The molecule has 2 N–H and O–H groups in total. The number of benzene rings is 1. The van der Waals surface area contributed by atoms with Crippen molar-refractivity contribution in [1.29, 1.82) is 0 Å². The zero-order valence-corrected chi connectivity index (χ0v) is 15.6. The summed E-state index contributed by atoms with van der Waals surface area (Å²) in [5.41, 5.74) is 0.202. The van der Waals surface area contributed by atoms with E-state index >= 15 is 0 Å². The van der Waals surface area contributed by atoms with Gasteiger partial charge in [-0.1, -0.05) is 18.7 Å². The Labute approximate surface area is 159 Å². The third-order valence-corrected chi connectivity index (χ3v) is 4.92. The van der Waals surface area contributed by atoms with Crippen molar-refractivity contribution in [3.05, 3.63) is 59.0 Å². The van der Waals surface area contributed by atoms with Gasteiger partial charge < -0.3 is 19.6 Å². The van der Waals surface area contributed by atoms with Crippen LogP contribution in [0.2, 0.25) is 0 Å². The van der Waals surface area contributed by atoms with E-state index in [0.29, 0.717) is 33.3 Å². The number of nitrogens with zero attached hydrogens (tertiary/aromatic N) is 1. The zero-order valence-electron chi connectivity index (χ0n) is 14.8. The molecule has 140 valence electrons. The maximum Gasteiger partial charge on any atom is 0.347 e. The number of carbonyl (C=O) groups excluding carboxylic acids is 1. The average Bonchev–Trinajstić information content (AvgIpc) is 3.04. The van der Waals surface area contributed by atoms with Gasteiger partial charge in [-0.3, -0.25) is 4.90 Å². The minimum Gasteiger partial charge on any atom is -0.508 e. The van der Waals surface area contributed by atoms with Gasteiger partial charge in [-0.05, 0) is 25.1 Å². The summed E-state index contributed by atoms with van der Waals surface area (Å²) in [6.45, 7) is 5.70. The molecule has 0 aliphatic rings. The molecule has 2 heterocycles. The van der Waals surface area contributed by atoms with Crippen LogP contribution in [0, 0.1) is 0 Å². The SMILES string of the molecule is C=C(O)c1cc2sc(N(C)C(=O)Nc3ccccc3OCC)cc2oc1=O. The van der Waals surface area contributed by atoms with Crippen molar-refractivity contribution in [2.75, 3.05) is 23.9 Å². The summed E-state index contributed by atoms with van der Waals surface area (Å²) in [6.07, 6.45) is 0. The summed E-state index contributed by atoms with van der Waals surface area (Å²) in [4.78, 5) is 25.8. The van der Waals surface area contributed by atoms with Crippen LogP contribution < -0.4 is 20.6 Å². The normalized spacial score (nSPS) is 10.6. The van der Waals surface area contributed by atoms with E-state index in [1.165, 1.54) is 22.3 Å². The van der Waals surface area contributed by atoms with Gasteiger partial charge in [0.2, 0.25) is 0 Å². The van der Waals surface area contributed by atoms with Gasteiger partial charge in [0.1, 0.15) is 22.1 Å². The van der Waals surface area contributed by atoms with Gasteiger partial charge in [0.05, 0.1) is 17.0 Å². The molecule has 7 nitrogen and oxygen atoms in total. The summed E-state index contributed by atoms with van der Waals surface area (Å²) < 4.78 is 11.3. The third-order valence-electron chi connectivity index (χ3n) is 3.78. The fourth-order valence-corrected chi connectivity index (χ4v) is 3.41. The number of aliphatic hydroxyl groups excluding tert-OH is 1. The lowest BCUT2D eigenvalue weighted by Gasteiger charge is -2.17. The largest absolute Gasteiger partial charge is 0.508 e. The minimum absolute atomic E-state index is 0.00588. The second-order valence-electron chi connectivity index (χ2n) is 5.63. The monoisotopic (exact) mass is 386 g/mol. The van der Waals surface area contributed by atoms with Crippen molar-refractivity contribution in [2.45, 2.75) is 6.92 Å². The van der Waals surface area contributed by atoms with Crippen LogP contribution >= 0.6 is 11.3 Å². The first-order valence-electron chi connectivity index (χ1n) is 8.13. The number of hydrogen-bond acceptors (Lipinski definition) is 6. The maximum atomic E-state index is 12.6. The van der Waals surface area contributed by atoms with Crippen LogP contribution in [-0.2, 0) is 0 Å². The Kier molecular flexibility index (Phi) is 5.18. The number of hydrogen-bond donors (Lipinski definition) is 2. The van der Waals surface area contributed by atoms with Crippen molar-refractivity contribution >= 4 is 44.1 Å². The standard InChI is InChI=1S/C19H18N2O5S/c1-4-25-14-8-6-5-7-13(14)20-19(24)21(3)17-10-15-16(27-17)9-12(11(2)22)18(23)26-15/h5-10,22H,2,4H2,1,3H3,(H,20,24).